The number of hydrogen-bond donors (Lipinski definition) is 2. The summed E-state index contributed by atoms with van der Waals surface area (Å²) >= 11 is 0. The summed E-state index contributed by atoms with van der Waals surface area (Å²) in [6.07, 6.45) is 3.88. The van der Waals surface area contributed by atoms with Gasteiger partial charge in [0.2, 0.25) is 5.95 Å². The van der Waals surface area contributed by atoms with Crippen molar-refractivity contribution in [3.63, 3.8) is 0 Å². The number of piperidine rings is 1. The van der Waals surface area contributed by atoms with Crippen molar-refractivity contribution < 1.29 is 8.78 Å². The minimum atomic E-state index is -0.868. The summed E-state index contributed by atoms with van der Waals surface area (Å²) in [7, 11) is 1.83. The van der Waals surface area contributed by atoms with Crippen LogP contribution in [0.1, 0.15) is 37.9 Å². The first kappa shape index (κ1) is 23.8. The number of nitrogens with zero attached hydrogens (tertiary/aromatic N) is 6. The van der Waals surface area contributed by atoms with Crippen LogP contribution in [0.5, 0.6) is 0 Å². The summed E-state index contributed by atoms with van der Waals surface area (Å²) < 4.78 is 29.0. The number of aryl methyl sites for hydroxylation is 1. The first-order valence-electron chi connectivity index (χ1n) is 12.9. The normalized spacial score (nSPS) is 23.8. The molecule has 3 atom stereocenters. The maximum Gasteiger partial charge on any atom is 0.226 e. The molecule has 2 aromatic heterocycles. The lowest BCUT2D eigenvalue weighted by Crippen LogP contribution is -2.48. The van der Waals surface area contributed by atoms with Crippen LogP contribution in [0.15, 0.2) is 30.6 Å². The number of halogens is 2. The van der Waals surface area contributed by atoms with Gasteiger partial charge >= 0.3 is 0 Å². The van der Waals surface area contributed by atoms with Crippen LogP contribution >= 0.6 is 0 Å². The fourth-order valence-corrected chi connectivity index (χ4v) is 6.37. The molecule has 8 nitrogen and oxygen atoms in total. The van der Waals surface area contributed by atoms with Gasteiger partial charge in [-0.15, -0.1) is 0 Å². The van der Waals surface area contributed by atoms with E-state index in [1.807, 2.05) is 20.0 Å². The Morgan fingerprint density at radius 3 is 2.51 bits per heavy atom. The Bertz CT molecular complexity index is 1330. The van der Waals surface area contributed by atoms with E-state index < -0.39 is 11.6 Å². The molecule has 6 rings (SSSR count). The second-order valence-corrected chi connectivity index (χ2v) is 11.1. The Hall–Kier alpha value is -3.56. The standard InChI is InChI=1S/C27H32F2N8/c1-15-10-20(32-14-31-15)36-11-16-8-9-17(12-36)23(16)33-26-34-24(30-4)21-25(35-26)37(13-27(21,2)3)19-7-5-6-18(28)22(19)29/h5-7,10,14,16-17,23H,8-9,11-13H2,1-4H3,(H2,30,33,34,35)/t16-,17+,23-. The fourth-order valence-electron chi connectivity index (χ4n) is 6.37. The number of hydrogen-bond acceptors (Lipinski definition) is 8. The molecule has 0 amide bonds. The zero-order chi connectivity index (χ0) is 25.9. The third-order valence-corrected chi connectivity index (χ3v) is 8.08. The highest BCUT2D eigenvalue weighted by molar-refractivity contribution is 5.76. The summed E-state index contributed by atoms with van der Waals surface area (Å²) in [5, 5.41) is 6.86. The maximum absolute atomic E-state index is 14.9. The van der Waals surface area contributed by atoms with Crippen LogP contribution in [0.4, 0.5) is 37.9 Å². The molecule has 2 fully saturated rings. The third-order valence-electron chi connectivity index (χ3n) is 8.08. The van der Waals surface area contributed by atoms with Gasteiger partial charge in [-0.05, 0) is 43.7 Å². The van der Waals surface area contributed by atoms with E-state index >= 15 is 0 Å². The van der Waals surface area contributed by atoms with Crippen molar-refractivity contribution in [2.45, 2.75) is 45.1 Å². The van der Waals surface area contributed by atoms with Crippen molar-refractivity contribution in [3.8, 4) is 0 Å². The highest BCUT2D eigenvalue weighted by Gasteiger charge is 2.44. The Balaban J connectivity index is 1.32. The minimum Gasteiger partial charge on any atom is -0.373 e. The van der Waals surface area contributed by atoms with Crippen molar-refractivity contribution >= 4 is 29.1 Å². The molecule has 1 saturated carbocycles. The summed E-state index contributed by atoms with van der Waals surface area (Å²) in [4.78, 5) is 22.6. The average molecular weight is 507 g/mol. The average Bonchev–Trinajstić information content (AvgIpc) is 3.26. The maximum atomic E-state index is 14.9. The van der Waals surface area contributed by atoms with Crippen molar-refractivity contribution in [1.29, 1.82) is 0 Å². The Morgan fingerprint density at radius 1 is 1.05 bits per heavy atom. The van der Waals surface area contributed by atoms with E-state index in [4.69, 9.17) is 9.97 Å². The van der Waals surface area contributed by atoms with Gasteiger partial charge in [-0.3, -0.25) is 0 Å². The highest BCUT2D eigenvalue weighted by atomic mass is 19.2. The van der Waals surface area contributed by atoms with Crippen molar-refractivity contribution in [3.05, 3.63) is 53.5 Å². The summed E-state index contributed by atoms with van der Waals surface area (Å²) in [5.41, 5.74) is 1.70. The molecule has 2 aliphatic heterocycles. The molecule has 1 aliphatic carbocycles. The molecule has 3 aromatic rings. The molecular weight excluding hydrogens is 474 g/mol. The van der Waals surface area contributed by atoms with Crippen LogP contribution in [-0.2, 0) is 5.41 Å². The van der Waals surface area contributed by atoms with Gasteiger partial charge in [-0.1, -0.05) is 19.9 Å². The van der Waals surface area contributed by atoms with Crippen LogP contribution in [-0.4, -0.2) is 52.7 Å². The third kappa shape index (κ3) is 4.02. The van der Waals surface area contributed by atoms with E-state index in [0.29, 0.717) is 36.0 Å². The topological polar surface area (TPSA) is 82.1 Å². The van der Waals surface area contributed by atoms with Gasteiger partial charge in [0.1, 0.15) is 23.8 Å². The minimum absolute atomic E-state index is 0.187. The first-order valence-corrected chi connectivity index (χ1v) is 12.9. The van der Waals surface area contributed by atoms with E-state index in [0.717, 1.165) is 49.1 Å². The van der Waals surface area contributed by atoms with Crippen molar-refractivity contribution in [2.75, 3.05) is 47.1 Å². The highest BCUT2D eigenvalue weighted by Crippen LogP contribution is 2.48. The SMILES string of the molecule is CNc1nc(N[C@@H]2[C@@H]3CC[C@H]2CN(c2cc(C)ncn2)C3)nc2c1C(C)(C)CN2c1cccc(F)c1F. The quantitative estimate of drug-likeness (QED) is 0.518. The van der Waals surface area contributed by atoms with Crippen LogP contribution in [0.2, 0.25) is 0 Å². The zero-order valence-corrected chi connectivity index (χ0v) is 21.6. The van der Waals surface area contributed by atoms with Crippen molar-refractivity contribution in [1.82, 2.24) is 19.9 Å². The molecule has 0 spiro atoms. The molecular formula is C27H32F2N8. The van der Waals surface area contributed by atoms with Gasteiger partial charge in [0.05, 0.1) is 5.69 Å². The zero-order valence-electron chi connectivity index (χ0n) is 21.6. The van der Waals surface area contributed by atoms with E-state index in [1.165, 1.54) is 6.07 Å². The number of anilines is 5. The van der Waals surface area contributed by atoms with Crippen LogP contribution in [0, 0.1) is 30.4 Å². The Labute approximate surface area is 215 Å². The van der Waals surface area contributed by atoms with Crippen molar-refractivity contribution in [2.24, 2.45) is 11.8 Å². The molecule has 4 heterocycles. The van der Waals surface area contributed by atoms with Gasteiger partial charge in [-0.2, -0.15) is 9.97 Å². The van der Waals surface area contributed by atoms with E-state index in [2.05, 4.69) is 39.3 Å². The van der Waals surface area contributed by atoms with Gasteiger partial charge in [0, 0.05) is 55.5 Å². The monoisotopic (exact) mass is 506 g/mol. The molecule has 0 unspecified atom stereocenters. The van der Waals surface area contributed by atoms with Crippen LogP contribution in [0.25, 0.3) is 0 Å². The van der Waals surface area contributed by atoms with E-state index in [-0.39, 0.29) is 17.1 Å². The van der Waals surface area contributed by atoms with E-state index in [9.17, 15) is 8.78 Å². The molecule has 2 N–H and O–H groups in total. The predicted molar refractivity (Wildman–Crippen MR) is 141 cm³/mol. The number of nitrogens with one attached hydrogen (secondary N) is 2. The lowest BCUT2D eigenvalue weighted by atomic mass is 9.88. The molecule has 3 aliphatic rings. The summed E-state index contributed by atoms with van der Waals surface area (Å²) in [6.45, 7) is 8.41. The lowest BCUT2D eigenvalue weighted by molar-refractivity contribution is 0.375. The number of benzene rings is 1. The fraction of sp³-hybridized carbons (Fsp3) is 0.481. The summed E-state index contributed by atoms with van der Waals surface area (Å²) in [6, 6.07) is 6.54. The second-order valence-electron chi connectivity index (χ2n) is 11.1. The molecule has 1 saturated heterocycles. The Kier molecular flexibility index (Phi) is 5.65. The van der Waals surface area contributed by atoms with Crippen LogP contribution < -0.4 is 20.4 Å². The van der Waals surface area contributed by atoms with Crippen LogP contribution in [0.3, 0.4) is 0 Å². The number of aromatic nitrogens is 4. The van der Waals surface area contributed by atoms with Gasteiger partial charge in [0.25, 0.3) is 0 Å². The molecule has 194 valence electrons. The second kappa shape index (κ2) is 8.78. The predicted octanol–water partition coefficient (Wildman–Crippen LogP) is 4.65. The molecule has 2 bridgehead atoms. The lowest BCUT2D eigenvalue weighted by Gasteiger charge is -2.39. The Morgan fingerprint density at radius 2 is 1.81 bits per heavy atom. The first-order chi connectivity index (χ1) is 17.7. The molecule has 37 heavy (non-hydrogen) atoms. The number of fused-ring (bicyclic) bond motifs is 3. The smallest absolute Gasteiger partial charge is 0.226 e. The molecule has 10 heteroatoms. The van der Waals surface area contributed by atoms with Gasteiger partial charge in [0.15, 0.2) is 11.6 Å². The molecule has 0 radical (unpaired) electrons. The summed E-state index contributed by atoms with van der Waals surface area (Å²) in [5.74, 6) is 1.92. The van der Waals surface area contributed by atoms with E-state index in [1.54, 1.807) is 17.3 Å². The van der Waals surface area contributed by atoms with Gasteiger partial charge in [-0.25, -0.2) is 18.7 Å². The largest absolute Gasteiger partial charge is 0.373 e. The molecule has 1 aromatic carbocycles. The number of rotatable bonds is 5. The van der Waals surface area contributed by atoms with Gasteiger partial charge < -0.3 is 20.4 Å².